The van der Waals surface area contributed by atoms with Gasteiger partial charge in [0, 0.05) is 12.1 Å². The molecule has 0 radical (unpaired) electrons. The lowest BCUT2D eigenvalue weighted by molar-refractivity contribution is 0.0956. The SMILES string of the molecule is CCNC(=O)c1ccc(N)c(Nc2ccc(C)cc2F)c1. The molecule has 0 saturated heterocycles. The highest BCUT2D eigenvalue weighted by Gasteiger charge is 2.09. The first-order valence-electron chi connectivity index (χ1n) is 6.72. The highest BCUT2D eigenvalue weighted by molar-refractivity contribution is 5.96. The van der Waals surface area contributed by atoms with Crippen LogP contribution in [0, 0.1) is 12.7 Å². The van der Waals surface area contributed by atoms with Crippen molar-refractivity contribution in [1.29, 1.82) is 0 Å². The number of nitrogens with one attached hydrogen (secondary N) is 2. The monoisotopic (exact) mass is 287 g/mol. The van der Waals surface area contributed by atoms with Gasteiger partial charge in [0.25, 0.3) is 5.91 Å². The molecule has 0 atom stereocenters. The minimum absolute atomic E-state index is 0.190. The molecule has 110 valence electrons. The number of carbonyl (C=O) groups is 1. The van der Waals surface area contributed by atoms with Crippen LogP contribution in [0.3, 0.4) is 0 Å². The van der Waals surface area contributed by atoms with Gasteiger partial charge in [0.1, 0.15) is 5.82 Å². The Hall–Kier alpha value is -2.56. The number of nitrogen functional groups attached to an aromatic ring is 1. The molecule has 2 aromatic carbocycles. The lowest BCUT2D eigenvalue weighted by Crippen LogP contribution is -2.22. The molecule has 2 rings (SSSR count). The van der Waals surface area contributed by atoms with Crippen molar-refractivity contribution in [3.05, 3.63) is 53.3 Å². The largest absolute Gasteiger partial charge is 0.397 e. The smallest absolute Gasteiger partial charge is 0.251 e. The third-order valence-electron chi connectivity index (χ3n) is 3.05. The quantitative estimate of drug-likeness (QED) is 0.756. The summed E-state index contributed by atoms with van der Waals surface area (Å²) < 4.78 is 13.9. The van der Waals surface area contributed by atoms with Gasteiger partial charge in [-0.2, -0.15) is 0 Å². The third-order valence-corrected chi connectivity index (χ3v) is 3.05. The van der Waals surface area contributed by atoms with E-state index in [0.29, 0.717) is 29.2 Å². The van der Waals surface area contributed by atoms with E-state index in [-0.39, 0.29) is 11.7 Å². The summed E-state index contributed by atoms with van der Waals surface area (Å²) in [6.45, 7) is 4.20. The van der Waals surface area contributed by atoms with Crippen molar-refractivity contribution in [3.63, 3.8) is 0 Å². The summed E-state index contributed by atoms with van der Waals surface area (Å²) in [5.41, 5.74) is 8.45. The summed E-state index contributed by atoms with van der Waals surface area (Å²) in [7, 11) is 0. The zero-order chi connectivity index (χ0) is 15.4. The molecule has 0 aliphatic rings. The van der Waals surface area contributed by atoms with Crippen molar-refractivity contribution in [2.45, 2.75) is 13.8 Å². The van der Waals surface area contributed by atoms with E-state index in [9.17, 15) is 9.18 Å². The molecule has 4 N–H and O–H groups in total. The molecule has 0 fully saturated rings. The van der Waals surface area contributed by atoms with Crippen LogP contribution in [0.1, 0.15) is 22.8 Å². The van der Waals surface area contributed by atoms with E-state index in [1.54, 1.807) is 30.3 Å². The number of carbonyl (C=O) groups excluding carboxylic acids is 1. The predicted octanol–water partition coefficient (Wildman–Crippen LogP) is 3.21. The van der Waals surface area contributed by atoms with E-state index in [1.807, 2.05) is 13.8 Å². The number of hydrogen-bond donors (Lipinski definition) is 3. The molecule has 0 bridgehead atoms. The Morgan fingerprint density at radius 3 is 2.62 bits per heavy atom. The van der Waals surface area contributed by atoms with Crippen molar-refractivity contribution in [2.24, 2.45) is 0 Å². The second-order valence-electron chi connectivity index (χ2n) is 4.77. The minimum atomic E-state index is -0.363. The van der Waals surface area contributed by atoms with Crippen LogP contribution in [0.2, 0.25) is 0 Å². The molecule has 5 heteroatoms. The van der Waals surface area contributed by atoms with Gasteiger partial charge in [-0.3, -0.25) is 4.79 Å². The second-order valence-corrected chi connectivity index (χ2v) is 4.77. The lowest BCUT2D eigenvalue weighted by atomic mass is 10.1. The fourth-order valence-electron chi connectivity index (χ4n) is 1.93. The molecule has 0 saturated carbocycles. The molecule has 0 unspecified atom stereocenters. The van der Waals surface area contributed by atoms with Gasteiger partial charge in [0.15, 0.2) is 0 Å². The number of amides is 1. The number of nitrogens with two attached hydrogens (primary N) is 1. The van der Waals surface area contributed by atoms with Crippen molar-refractivity contribution in [2.75, 3.05) is 17.6 Å². The summed E-state index contributed by atoms with van der Waals surface area (Å²) in [6.07, 6.45) is 0. The fourth-order valence-corrected chi connectivity index (χ4v) is 1.93. The summed E-state index contributed by atoms with van der Waals surface area (Å²) >= 11 is 0. The Labute approximate surface area is 123 Å². The molecule has 21 heavy (non-hydrogen) atoms. The topological polar surface area (TPSA) is 67.2 Å². The van der Waals surface area contributed by atoms with E-state index in [2.05, 4.69) is 10.6 Å². The Kier molecular flexibility index (Phi) is 4.42. The van der Waals surface area contributed by atoms with Gasteiger partial charge < -0.3 is 16.4 Å². The van der Waals surface area contributed by atoms with Gasteiger partial charge in [0.2, 0.25) is 0 Å². The molecule has 4 nitrogen and oxygen atoms in total. The zero-order valence-electron chi connectivity index (χ0n) is 12.0. The standard InChI is InChI=1S/C16H18FN3O/c1-3-19-16(21)11-5-6-13(18)15(9-11)20-14-7-4-10(2)8-12(14)17/h4-9,20H,3,18H2,1-2H3,(H,19,21). The van der Waals surface area contributed by atoms with Crippen molar-refractivity contribution >= 4 is 23.0 Å². The zero-order valence-corrected chi connectivity index (χ0v) is 12.0. The molecule has 0 heterocycles. The highest BCUT2D eigenvalue weighted by atomic mass is 19.1. The average molecular weight is 287 g/mol. The van der Waals surface area contributed by atoms with Crippen LogP contribution < -0.4 is 16.4 Å². The first-order chi connectivity index (χ1) is 10.0. The van der Waals surface area contributed by atoms with Crippen LogP contribution in [0.4, 0.5) is 21.5 Å². The van der Waals surface area contributed by atoms with E-state index < -0.39 is 0 Å². The normalized spacial score (nSPS) is 10.2. The van der Waals surface area contributed by atoms with Gasteiger partial charge in [-0.1, -0.05) is 6.07 Å². The first-order valence-corrected chi connectivity index (χ1v) is 6.72. The number of hydrogen-bond acceptors (Lipinski definition) is 3. The van der Waals surface area contributed by atoms with Crippen LogP contribution in [-0.2, 0) is 0 Å². The molecular weight excluding hydrogens is 269 g/mol. The van der Waals surface area contributed by atoms with Crippen LogP contribution in [0.25, 0.3) is 0 Å². The van der Waals surface area contributed by atoms with Crippen LogP contribution in [0.15, 0.2) is 36.4 Å². The Morgan fingerprint density at radius 2 is 1.95 bits per heavy atom. The van der Waals surface area contributed by atoms with Gasteiger partial charge >= 0.3 is 0 Å². The van der Waals surface area contributed by atoms with E-state index >= 15 is 0 Å². The van der Waals surface area contributed by atoms with Gasteiger partial charge in [-0.15, -0.1) is 0 Å². The fraction of sp³-hybridized carbons (Fsp3) is 0.188. The lowest BCUT2D eigenvalue weighted by Gasteiger charge is -2.12. The molecule has 0 spiro atoms. The molecule has 0 aliphatic carbocycles. The maximum Gasteiger partial charge on any atom is 0.251 e. The Morgan fingerprint density at radius 1 is 1.19 bits per heavy atom. The number of halogens is 1. The van der Waals surface area contributed by atoms with Crippen molar-refractivity contribution < 1.29 is 9.18 Å². The van der Waals surface area contributed by atoms with Crippen LogP contribution in [-0.4, -0.2) is 12.5 Å². The molecular formula is C16H18FN3O. The van der Waals surface area contributed by atoms with Gasteiger partial charge in [-0.25, -0.2) is 4.39 Å². The molecule has 2 aromatic rings. The van der Waals surface area contributed by atoms with Gasteiger partial charge in [0.05, 0.1) is 17.1 Å². The van der Waals surface area contributed by atoms with Crippen molar-refractivity contribution in [1.82, 2.24) is 5.32 Å². The number of benzene rings is 2. The third kappa shape index (κ3) is 3.51. The Balaban J connectivity index is 2.30. The number of anilines is 3. The maximum atomic E-state index is 13.9. The minimum Gasteiger partial charge on any atom is -0.397 e. The molecule has 1 amide bonds. The second kappa shape index (κ2) is 6.26. The average Bonchev–Trinajstić information content (AvgIpc) is 2.44. The number of aryl methyl sites for hydroxylation is 1. The molecule has 0 aromatic heterocycles. The van der Waals surface area contributed by atoms with Gasteiger partial charge in [-0.05, 0) is 49.7 Å². The first kappa shape index (κ1) is 14.8. The van der Waals surface area contributed by atoms with E-state index in [0.717, 1.165) is 5.56 Å². The van der Waals surface area contributed by atoms with Crippen molar-refractivity contribution in [3.8, 4) is 0 Å². The van der Waals surface area contributed by atoms with E-state index in [1.165, 1.54) is 6.07 Å². The maximum absolute atomic E-state index is 13.9. The summed E-state index contributed by atoms with van der Waals surface area (Å²) in [5, 5.41) is 5.63. The Bertz CT molecular complexity index is 671. The van der Waals surface area contributed by atoms with E-state index in [4.69, 9.17) is 5.73 Å². The van der Waals surface area contributed by atoms with Crippen LogP contribution >= 0.6 is 0 Å². The predicted molar refractivity (Wildman–Crippen MR) is 83.3 cm³/mol. The van der Waals surface area contributed by atoms with Crippen LogP contribution in [0.5, 0.6) is 0 Å². The summed E-state index contributed by atoms with van der Waals surface area (Å²) in [5.74, 6) is -0.553. The highest BCUT2D eigenvalue weighted by Crippen LogP contribution is 2.26. The number of rotatable bonds is 4. The summed E-state index contributed by atoms with van der Waals surface area (Å²) in [6, 6.07) is 9.75. The molecule has 0 aliphatic heterocycles. The summed E-state index contributed by atoms with van der Waals surface area (Å²) in [4.78, 5) is 11.8.